The Morgan fingerprint density at radius 3 is 1.33 bits per heavy atom. The van der Waals surface area contributed by atoms with Gasteiger partial charge in [0.25, 0.3) is 0 Å². The van der Waals surface area contributed by atoms with E-state index in [-0.39, 0.29) is 0 Å². The monoisotopic (exact) mass is 349 g/mol. The standard InChI is InChI=1S/C7H16N.6FH.Sb/c1-3-8(2)6-4-5-7-8;;;;;;;/h3-7H2,1-2H3;6*1H;/q+1;;;;;;;+5/p-6. The van der Waals surface area contributed by atoms with Gasteiger partial charge in [-0.05, 0) is 6.92 Å². The Morgan fingerprint density at radius 1 is 0.933 bits per heavy atom. The van der Waals surface area contributed by atoms with Crippen LogP contribution in [-0.4, -0.2) is 50.6 Å². The molecule has 0 aromatic carbocycles. The van der Waals surface area contributed by atoms with Crippen LogP contribution in [0.5, 0.6) is 0 Å². The van der Waals surface area contributed by atoms with E-state index in [2.05, 4.69) is 14.0 Å². The van der Waals surface area contributed by atoms with E-state index in [9.17, 15) is 16.9 Å². The Labute approximate surface area is 87.5 Å². The Balaban J connectivity index is 0.000000265. The van der Waals surface area contributed by atoms with Crippen LogP contribution in [0.3, 0.4) is 0 Å². The molecule has 0 amide bonds. The molecular formula is C7H16F6NSb. The second-order valence-electron chi connectivity index (χ2n) is 4.05. The van der Waals surface area contributed by atoms with Gasteiger partial charge in [0.2, 0.25) is 0 Å². The molecule has 96 valence electrons. The van der Waals surface area contributed by atoms with Crippen molar-refractivity contribution in [2.24, 2.45) is 0 Å². The summed E-state index contributed by atoms with van der Waals surface area (Å²) in [5.41, 5.74) is 0. The van der Waals surface area contributed by atoms with Crippen molar-refractivity contribution in [3.63, 3.8) is 0 Å². The maximum absolute atomic E-state index is 11.2. The van der Waals surface area contributed by atoms with E-state index in [0.717, 1.165) is 0 Å². The van der Waals surface area contributed by atoms with E-state index in [1.165, 1.54) is 37.0 Å². The zero-order valence-corrected chi connectivity index (χ0v) is 11.3. The molecule has 1 heterocycles. The predicted molar refractivity (Wildman–Crippen MR) is 48.1 cm³/mol. The van der Waals surface area contributed by atoms with Crippen molar-refractivity contribution >= 4 is 19.5 Å². The fourth-order valence-electron chi connectivity index (χ4n) is 1.42. The van der Waals surface area contributed by atoms with Gasteiger partial charge in [-0.1, -0.05) is 0 Å². The van der Waals surface area contributed by atoms with Crippen molar-refractivity contribution in [1.29, 1.82) is 0 Å². The third kappa shape index (κ3) is 14.4. The summed E-state index contributed by atoms with van der Waals surface area (Å²) in [5.74, 6) is 0. The molecule has 0 N–H and O–H groups in total. The first-order chi connectivity index (χ1) is 6.22. The molecule has 1 aliphatic heterocycles. The van der Waals surface area contributed by atoms with E-state index in [0.29, 0.717) is 0 Å². The molecule has 0 atom stereocenters. The number of likely N-dealkylation sites (tertiary alicyclic amines) is 1. The zero-order chi connectivity index (χ0) is 12.4. The molecule has 0 saturated carbocycles. The van der Waals surface area contributed by atoms with Crippen LogP contribution in [0.2, 0.25) is 0 Å². The summed E-state index contributed by atoms with van der Waals surface area (Å²) in [5, 5.41) is 0. The average Bonchev–Trinajstić information content (AvgIpc) is 2.30. The molecule has 0 radical (unpaired) electrons. The Hall–Kier alpha value is 0.358. The van der Waals surface area contributed by atoms with Gasteiger partial charge in [-0.15, -0.1) is 0 Å². The third-order valence-corrected chi connectivity index (χ3v) is 2.41. The van der Waals surface area contributed by atoms with Gasteiger partial charge in [-0.3, -0.25) is 0 Å². The van der Waals surface area contributed by atoms with Gasteiger partial charge in [0.1, 0.15) is 0 Å². The van der Waals surface area contributed by atoms with Gasteiger partial charge in [-0.2, -0.15) is 0 Å². The Bertz CT molecular complexity index is 201. The number of quaternary nitrogens is 1. The van der Waals surface area contributed by atoms with Gasteiger partial charge in [-0.25, -0.2) is 0 Å². The number of rotatable bonds is 1. The van der Waals surface area contributed by atoms with Crippen molar-refractivity contribution in [3.05, 3.63) is 0 Å². The molecule has 8 heteroatoms. The summed E-state index contributed by atoms with van der Waals surface area (Å²) in [7, 11) is 2.35. The first-order valence-electron chi connectivity index (χ1n) is 4.62. The topological polar surface area (TPSA) is 0 Å². The number of nitrogens with zero attached hydrogens (tertiary/aromatic N) is 1. The van der Waals surface area contributed by atoms with E-state index in [1.54, 1.807) is 0 Å². The number of hydrogen-bond donors (Lipinski definition) is 0. The Morgan fingerprint density at radius 2 is 1.20 bits per heavy atom. The van der Waals surface area contributed by atoms with Crippen LogP contribution < -0.4 is 0 Å². The number of hydrogen-bond acceptors (Lipinski definition) is 0. The van der Waals surface area contributed by atoms with Gasteiger partial charge in [0.15, 0.2) is 0 Å². The summed E-state index contributed by atoms with van der Waals surface area (Å²) in [6, 6.07) is 0. The summed E-state index contributed by atoms with van der Waals surface area (Å²) in [6.45, 7) is 6.43. The summed E-state index contributed by atoms with van der Waals surface area (Å²) >= 11 is -11.2. The molecule has 0 aliphatic carbocycles. The molecule has 1 rings (SSSR count). The molecule has 0 unspecified atom stereocenters. The minimum absolute atomic E-state index is 1.32. The fourth-order valence-corrected chi connectivity index (χ4v) is 1.42. The van der Waals surface area contributed by atoms with Crippen LogP contribution in [0.1, 0.15) is 19.8 Å². The maximum atomic E-state index is 9.93. The first-order valence-corrected chi connectivity index (χ1v) is 10.4. The van der Waals surface area contributed by atoms with Gasteiger partial charge in [0.05, 0.1) is 26.7 Å². The van der Waals surface area contributed by atoms with Crippen LogP contribution in [0, 0.1) is 0 Å². The molecule has 1 fully saturated rings. The van der Waals surface area contributed by atoms with E-state index in [1.807, 2.05) is 0 Å². The minimum atomic E-state index is -11.2. The summed E-state index contributed by atoms with van der Waals surface area (Å²) in [6.07, 6.45) is 2.90. The predicted octanol–water partition coefficient (Wildman–Crippen LogP) is 3.39. The molecule has 0 bridgehead atoms. The van der Waals surface area contributed by atoms with Gasteiger partial charge < -0.3 is 4.48 Å². The van der Waals surface area contributed by atoms with E-state index >= 15 is 0 Å². The zero-order valence-electron chi connectivity index (χ0n) is 8.70. The van der Waals surface area contributed by atoms with Crippen LogP contribution in [0.15, 0.2) is 0 Å². The Kier molecular flexibility index (Phi) is 3.78. The fraction of sp³-hybridized carbons (Fsp3) is 1.00. The van der Waals surface area contributed by atoms with E-state index in [4.69, 9.17) is 0 Å². The van der Waals surface area contributed by atoms with Crippen LogP contribution in [0.4, 0.5) is 16.9 Å². The van der Waals surface area contributed by atoms with Crippen LogP contribution in [0.25, 0.3) is 0 Å². The molecule has 0 spiro atoms. The van der Waals surface area contributed by atoms with E-state index < -0.39 is 19.5 Å². The van der Waals surface area contributed by atoms with Crippen molar-refractivity contribution in [1.82, 2.24) is 0 Å². The van der Waals surface area contributed by atoms with Crippen molar-refractivity contribution in [2.45, 2.75) is 19.8 Å². The van der Waals surface area contributed by atoms with Crippen molar-refractivity contribution < 1.29 is 21.4 Å². The molecule has 1 aliphatic rings. The first kappa shape index (κ1) is 15.4. The van der Waals surface area contributed by atoms with Gasteiger partial charge in [0, 0.05) is 12.8 Å². The summed E-state index contributed by atoms with van der Waals surface area (Å²) in [4.78, 5) is 0. The second kappa shape index (κ2) is 3.69. The SMILES string of the molecule is CC[N+]1(C)CCCC1.[F][Sb-]([F])([F])([F])([F])[F]. The van der Waals surface area contributed by atoms with Gasteiger partial charge >= 0.3 is 36.4 Å². The molecule has 15 heavy (non-hydrogen) atoms. The van der Waals surface area contributed by atoms with Crippen LogP contribution >= 0.6 is 0 Å². The van der Waals surface area contributed by atoms with Crippen molar-refractivity contribution in [2.75, 3.05) is 26.7 Å². The van der Waals surface area contributed by atoms with Crippen molar-refractivity contribution in [3.8, 4) is 0 Å². The normalized spacial score (nSPS) is 24.8. The second-order valence-corrected chi connectivity index (χ2v) is 9.52. The van der Waals surface area contributed by atoms with Crippen LogP contribution in [-0.2, 0) is 0 Å². The average molecular weight is 350 g/mol. The molecule has 0 aromatic heterocycles. The molecule has 0 aromatic rings. The molecular weight excluding hydrogens is 334 g/mol. The molecule has 1 saturated heterocycles. The number of halogens is 6. The summed E-state index contributed by atoms with van der Waals surface area (Å²) < 4.78 is 60.9. The quantitative estimate of drug-likeness (QED) is 0.387. The third-order valence-electron chi connectivity index (χ3n) is 2.41. The molecule has 1 nitrogen and oxygen atoms in total.